The lowest BCUT2D eigenvalue weighted by molar-refractivity contribution is -0.161. The molecule has 2 saturated heterocycles. The molecule has 2 unspecified atom stereocenters. The summed E-state index contributed by atoms with van der Waals surface area (Å²) in [5, 5.41) is 11.8. The van der Waals surface area contributed by atoms with Crippen molar-refractivity contribution in [3.05, 3.63) is 64.7 Å². The van der Waals surface area contributed by atoms with Gasteiger partial charge in [0, 0.05) is 4.75 Å². The van der Waals surface area contributed by atoms with Gasteiger partial charge in [-0.25, -0.2) is 9.59 Å². The standard InChI is InChI=1S/C25H26N2O6S/c1-13-9-10-17(14(2)11-13)33-24(32)16-8-6-5-7-15(16)12-18(28)26-19-21(29)27-20(23(30)31)25(3,4)34-22(19)27/h5-11,19-20,22H,12H2,1-4H3,(H,26,28)(H,30,31)/t19?,20?,22-/m1/s1. The molecule has 2 amide bonds. The molecular formula is C25H26N2O6S. The summed E-state index contributed by atoms with van der Waals surface area (Å²) in [6, 6.07) is 10.4. The summed E-state index contributed by atoms with van der Waals surface area (Å²) < 4.78 is 4.89. The number of thioether (sulfide) groups is 1. The number of nitrogens with zero attached hydrogens (tertiary/aromatic N) is 1. The third-order valence-corrected chi connectivity index (χ3v) is 7.68. The number of carbonyl (C=O) groups is 4. The molecule has 8 nitrogen and oxygen atoms in total. The minimum atomic E-state index is -1.06. The first-order valence-corrected chi connectivity index (χ1v) is 11.8. The van der Waals surface area contributed by atoms with E-state index in [0.717, 1.165) is 11.1 Å². The molecule has 0 spiro atoms. The number of esters is 1. The highest BCUT2D eigenvalue weighted by Crippen LogP contribution is 2.50. The molecule has 3 atom stereocenters. The van der Waals surface area contributed by atoms with Gasteiger partial charge in [-0.05, 0) is 51.0 Å². The van der Waals surface area contributed by atoms with Crippen molar-refractivity contribution in [1.82, 2.24) is 10.2 Å². The van der Waals surface area contributed by atoms with Crippen LogP contribution in [0.5, 0.6) is 5.75 Å². The quantitative estimate of drug-likeness (QED) is 0.370. The van der Waals surface area contributed by atoms with Gasteiger partial charge in [-0.2, -0.15) is 0 Å². The lowest BCUT2D eigenvalue weighted by Crippen LogP contribution is -2.70. The first-order chi connectivity index (χ1) is 16.0. The summed E-state index contributed by atoms with van der Waals surface area (Å²) in [5.41, 5.74) is 2.62. The number of amides is 2. The molecule has 0 bridgehead atoms. The molecule has 2 aliphatic heterocycles. The Hall–Kier alpha value is -3.33. The monoisotopic (exact) mass is 482 g/mol. The minimum Gasteiger partial charge on any atom is -0.480 e. The molecule has 34 heavy (non-hydrogen) atoms. The number of aliphatic carboxylic acids is 1. The van der Waals surface area contributed by atoms with Crippen LogP contribution in [0.15, 0.2) is 42.5 Å². The molecule has 0 saturated carbocycles. The second kappa shape index (κ2) is 8.79. The van der Waals surface area contributed by atoms with Crippen molar-refractivity contribution in [3.8, 4) is 5.75 Å². The number of aryl methyl sites for hydroxylation is 2. The van der Waals surface area contributed by atoms with E-state index in [2.05, 4.69) is 5.32 Å². The number of carboxylic acid groups (broad SMARTS) is 1. The van der Waals surface area contributed by atoms with Crippen molar-refractivity contribution in [2.24, 2.45) is 0 Å². The van der Waals surface area contributed by atoms with Crippen molar-refractivity contribution < 1.29 is 29.0 Å². The Morgan fingerprint density at radius 3 is 2.53 bits per heavy atom. The zero-order valence-corrected chi connectivity index (χ0v) is 20.1. The Labute approximate surface area is 201 Å². The van der Waals surface area contributed by atoms with E-state index in [0.29, 0.717) is 11.3 Å². The predicted octanol–water partition coefficient (Wildman–Crippen LogP) is 2.70. The van der Waals surface area contributed by atoms with E-state index in [1.807, 2.05) is 26.0 Å². The maximum absolute atomic E-state index is 12.8. The normalized spacial score (nSPS) is 22.5. The molecule has 0 aromatic heterocycles. The summed E-state index contributed by atoms with van der Waals surface area (Å²) in [4.78, 5) is 51.2. The first kappa shape index (κ1) is 23.8. The molecular weight excluding hydrogens is 456 g/mol. The Bertz CT molecular complexity index is 1190. The molecule has 2 aromatic carbocycles. The molecule has 0 aliphatic carbocycles. The number of rotatable bonds is 6. The van der Waals surface area contributed by atoms with Gasteiger partial charge in [0.2, 0.25) is 11.8 Å². The van der Waals surface area contributed by atoms with Crippen LogP contribution in [0.4, 0.5) is 0 Å². The molecule has 2 aliphatic rings. The molecule has 2 heterocycles. The zero-order chi connectivity index (χ0) is 24.8. The van der Waals surface area contributed by atoms with Crippen LogP contribution in [-0.4, -0.2) is 56.0 Å². The van der Waals surface area contributed by atoms with E-state index in [1.165, 1.54) is 16.7 Å². The Morgan fingerprint density at radius 1 is 1.15 bits per heavy atom. The number of ether oxygens (including phenoxy) is 1. The van der Waals surface area contributed by atoms with Crippen LogP contribution in [0.2, 0.25) is 0 Å². The maximum atomic E-state index is 12.8. The predicted molar refractivity (Wildman–Crippen MR) is 127 cm³/mol. The number of hydrogen-bond acceptors (Lipinski definition) is 6. The smallest absolute Gasteiger partial charge is 0.343 e. The van der Waals surface area contributed by atoms with Crippen molar-refractivity contribution in [3.63, 3.8) is 0 Å². The molecule has 178 valence electrons. The third kappa shape index (κ3) is 4.27. The fourth-order valence-electron chi connectivity index (χ4n) is 4.49. The third-order valence-electron chi connectivity index (χ3n) is 6.11. The van der Waals surface area contributed by atoms with Crippen LogP contribution in [0.25, 0.3) is 0 Å². The summed E-state index contributed by atoms with van der Waals surface area (Å²) in [5.74, 6) is -2.02. The van der Waals surface area contributed by atoms with Crippen LogP contribution in [0.1, 0.15) is 40.9 Å². The fourth-order valence-corrected chi connectivity index (χ4v) is 6.11. The van der Waals surface area contributed by atoms with Crippen LogP contribution in [-0.2, 0) is 20.8 Å². The number of β-lactam (4-membered cyclic amide) rings is 1. The fraction of sp³-hybridized carbons (Fsp3) is 0.360. The molecule has 4 rings (SSSR count). The van der Waals surface area contributed by atoms with Crippen molar-refractivity contribution in [2.45, 2.75) is 56.3 Å². The number of fused-ring (bicyclic) bond motifs is 1. The highest BCUT2D eigenvalue weighted by molar-refractivity contribution is 8.01. The van der Waals surface area contributed by atoms with Gasteiger partial charge in [-0.1, -0.05) is 35.9 Å². The van der Waals surface area contributed by atoms with E-state index in [9.17, 15) is 24.3 Å². The van der Waals surface area contributed by atoms with Crippen molar-refractivity contribution in [2.75, 3.05) is 0 Å². The largest absolute Gasteiger partial charge is 0.480 e. The zero-order valence-electron chi connectivity index (χ0n) is 19.3. The Balaban J connectivity index is 1.44. The summed E-state index contributed by atoms with van der Waals surface area (Å²) in [7, 11) is 0. The van der Waals surface area contributed by atoms with E-state index < -0.39 is 46.0 Å². The van der Waals surface area contributed by atoms with Gasteiger partial charge < -0.3 is 20.1 Å². The average Bonchev–Trinajstić information content (AvgIpc) is 3.02. The van der Waals surface area contributed by atoms with E-state index in [4.69, 9.17) is 4.74 Å². The Kier molecular flexibility index (Phi) is 6.16. The Morgan fingerprint density at radius 2 is 1.85 bits per heavy atom. The second-order valence-corrected chi connectivity index (χ2v) is 10.9. The first-order valence-electron chi connectivity index (χ1n) is 10.9. The minimum absolute atomic E-state index is 0.120. The number of benzene rings is 2. The summed E-state index contributed by atoms with van der Waals surface area (Å²) in [6.45, 7) is 7.35. The van der Waals surface area contributed by atoms with Crippen molar-refractivity contribution >= 4 is 35.5 Å². The number of hydrogen-bond donors (Lipinski definition) is 2. The highest BCUT2D eigenvalue weighted by Gasteiger charge is 2.64. The van der Waals surface area contributed by atoms with Crippen LogP contribution in [0, 0.1) is 13.8 Å². The van der Waals surface area contributed by atoms with Gasteiger partial charge in [0.05, 0.1) is 12.0 Å². The number of nitrogens with one attached hydrogen (secondary N) is 1. The second-order valence-electron chi connectivity index (χ2n) is 9.14. The summed E-state index contributed by atoms with van der Waals surface area (Å²) in [6.07, 6.45) is -0.120. The molecule has 2 N–H and O–H groups in total. The molecule has 9 heteroatoms. The number of carboxylic acids is 1. The van der Waals surface area contributed by atoms with E-state index in [-0.39, 0.29) is 12.0 Å². The van der Waals surface area contributed by atoms with Gasteiger partial charge in [0.15, 0.2) is 0 Å². The van der Waals surface area contributed by atoms with Gasteiger partial charge in [0.25, 0.3) is 0 Å². The van der Waals surface area contributed by atoms with Crippen LogP contribution >= 0.6 is 11.8 Å². The topological polar surface area (TPSA) is 113 Å². The van der Waals surface area contributed by atoms with E-state index in [1.54, 1.807) is 44.2 Å². The molecule has 2 fully saturated rings. The lowest BCUT2D eigenvalue weighted by atomic mass is 9.96. The number of carbonyl (C=O) groups excluding carboxylic acids is 3. The van der Waals surface area contributed by atoms with E-state index >= 15 is 0 Å². The maximum Gasteiger partial charge on any atom is 0.343 e. The lowest BCUT2D eigenvalue weighted by Gasteiger charge is -2.43. The van der Waals surface area contributed by atoms with Gasteiger partial charge in [-0.15, -0.1) is 11.8 Å². The molecule has 2 aromatic rings. The van der Waals surface area contributed by atoms with Crippen LogP contribution in [0.3, 0.4) is 0 Å². The average molecular weight is 483 g/mol. The van der Waals surface area contributed by atoms with Gasteiger partial charge >= 0.3 is 11.9 Å². The van der Waals surface area contributed by atoms with Gasteiger partial charge in [-0.3, -0.25) is 9.59 Å². The van der Waals surface area contributed by atoms with Crippen molar-refractivity contribution in [1.29, 1.82) is 0 Å². The van der Waals surface area contributed by atoms with Gasteiger partial charge in [0.1, 0.15) is 23.2 Å². The molecule has 0 radical (unpaired) electrons. The highest BCUT2D eigenvalue weighted by atomic mass is 32.2. The van der Waals surface area contributed by atoms with Crippen LogP contribution < -0.4 is 10.1 Å². The SMILES string of the molecule is Cc1ccc(OC(=O)c2ccccc2CC(=O)NC2C(=O)N3C(C(=O)O)C(C)(C)S[C@H]23)c(C)c1. The summed E-state index contributed by atoms with van der Waals surface area (Å²) >= 11 is 1.36.